The van der Waals surface area contributed by atoms with Crippen molar-refractivity contribution in [2.75, 3.05) is 13.2 Å². The fraction of sp³-hybridized carbons (Fsp3) is 0.789. The van der Waals surface area contributed by atoms with Gasteiger partial charge in [-0.3, -0.25) is 0 Å². The Labute approximate surface area is 161 Å². The van der Waals surface area contributed by atoms with Crippen molar-refractivity contribution in [3.05, 3.63) is 10.6 Å². The maximum absolute atomic E-state index is 6.32. The van der Waals surface area contributed by atoms with Crippen molar-refractivity contribution in [1.82, 2.24) is 0 Å². The zero-order chi connectivity index (χ0) is 18.7. The summed E-state index contributed by atoms with van der Waals surface area (Å²) in [6.07, 6.45) is 3.41. The lowest BCUT2D eigenvalue weighted by Crippen LogP contribution is -2.47. The zero-order valence-electron chi connectivity index (χ0n) is 16.2. The van der Waals surface area contributed by atoms with Crippen LogP contribution in [-0.4, -0.2) is 51.5 Å². The number of unbranched alkanes of at least 4 members (excludes halogenated alkanes) is 1. The molecule has 2 heterocycles. The van der Waals surface area contributed by atoms with Crippen molar-refractivity contribution in [3.8, 4) is 11.5 Å². The van der Waals surface area contributed by atoms with E-state index in [9.17, 15) is 0 Å². The van der Waals surface area contributed by atoms with Gasteiger partial charge >= 0.3 is 0 Å². The third-order valence-corrected chi connectivity index (χ3v) is 5.55. The Morgan fingerprint density at radius 2 is 2.08 bits per heavy atom. The Kier molecular flexibility index (Phi) is 7.34. The molecule has 142 valence electrons. The van der Waals surface area contributed by atoms with Gasteiger partial charge in [-0.05, 0) is 26.3 Å². The number of rotatable bonds is 5. The quantitative estimate of drug-likeness (QED) is 0.371. The van der Waals surface area contributed by atoms with E-state index < -0.39 is 13.9 Å². The molecule has 2 rings (SSSR count). The van der Waals surface area contributed by atoms with E-state index in [4.69, 9.17) is 18.9 Å². The molecule has 0 N–H and O–H groups in total. The van der Waals surface area contributed by atoms with Crippen molar-refractivity contribution >= 4 is 24.0 Å². The average Bonchev–Trinajstić information content (AvgIpc) is 2.85. The Morgan fingerprint density at radius 1 is 1.36 bits per heavy atom. The summed E-state index contributed by atoms with van der Waals surface area (Å²) in [5.74, 6) is 2.71. The van der Waals surface area contributed by atoms with Crippen LogP contribution in [0.3, 0.4) is 0 Å². The minimum Gasteiger partial charge on any atom is -0.371 e. The molecule has 1 fully saturated rings. The van der Waals surface area contributed by atoms with Crippen LogP contribution in [0, 0.1) is 11.5 Å². The highest BCUT2D eigenvalue weighted by Gasteiger charge is 2.44. The number of ether oxygens (including phenoxy) is 4. The Hall–Kier alpha value is -0.163. The molecule has 2 aliphatic rings. The van der Waals surface area contributed by atoms with Crippen LogP contribution in [0.25, 0.3) is 0 Å². The van der Waals surface area contributed by atoms with E-state index in [0.717, 1.165) is 17.3 Å². The van der Waals surface area contributed by atoms with Crippen molar-refractivity contribution in [2.45, 2.75) is 83.5 Å². The van der Waals surface area contributed by atoms with Gasteiger partial charge in [0.15, 0.2) is 5.79 Å². The smallest absolute Gasteiger partial charge is 0.163 e. The van der Waals surface area contributed by atoms with Gasteiger partial charge in [0, 0.05) is 11.1 Å². The second kappa shape index (κ2) is 8.68. The van der Waals surface area contributed by atoms with Crippen molar-refractivity contribution in [3.63, 3.8) is 0 Å². The SMILES string of the molecule is CCCCO[C@@H]1C=C(Br)[C@@H](C#C[Si](C)(C)C)O[C@@H]1[C@H]1COC(C)(C)O1. The summed E-state index contributed by atoms with van der Waals surface area (Å²) in [6.45, 7) is 13.9. The lowest BCUT2D eigenvalue weighted by molar-refractivity contribution is -0.175. The molecule has 0 aromatic carbocycles. The summed E-state index contributed by atoms with van der Waals surface area (Å²) in [4.78, 5) is 0. The molecule has 2 aliphatic heterocycles. The van der Waals surface area contributed by atoms with E-state index in [1.807, 2.05) is 13.8 Å². The predicted octanol–water partition coefficient (Wildman–Crippen LogP) is 4.25. The van der Waals surface area contributed by atoms with Gasteiger partial charge in [-0.25, -0.2) is 0 Å². The molecule has 0 aromatic rings. The molecule has 25 heavy (non-hydrogen) atoms. The summed E-state index contributed by atoms with van der Waals surface area (Å²) in [7, 11) is -1.47. The molecule has 0 amide bonds. The summed E-state index contributed by atoms with van der Waals surface area (Å²) in [5, 5.41) is 0. The lowest BCUT2D eigenvalue weighted by atomic mass is 10.0. The van der Waals surface area contributed by atoms with Crippen LogP contribution in [0.1, 0.15) is 33.6 Å². The molecule has 6 heteroatoms. The highest BCUT2D eigenvalue weighted by atomic mass is 79.9. The largest absolute Gasteiger partial charge is 0.371 e. The minimum atomic E-state index is -1.47. The molecule has 0 aromatic heterocycles. The summed E-state index contributed by atoms with van der Waals surface area (Å²) >= 11 is 3.63. The number of halogens is 1. The summed E-state index contributed by atoms with van der Waals surface area (Å²) in [6, 6.07) is 0. The minimum absolute atomic E-state index is 0.158. The van der Waals surface area contributed by atoms with Gasteiger partial charge < -0.3 is 18.9 Å². The molecule has 4 nitrogen and oxygen atoms in total. The van der Waals surface area contributed by atoms with Crippen LogP contribution in [-0.2, 0) is 18.9 Å². The van der Waals surface area contributed by atoms with Crippen LogP contribution in [0.4, 0.5) is 0 Å². The van der Waals surface area contributed by atoms with E-state index >= 15 is 0 Å². The third kappa shape index (κ3) is 6.49. The average molecular weight is 431 g/mol. The predicted molar refractivity (Wildman–Crippen MR) is 106 cm³/mol. The Bertz CT molecular complexity index is 544. The summed E-state index contributed by atoms with van der Waals surface area (Å²) in [5.41, 5.74) is 3.40. The van der Waals surface area contributed by atoms with E-state index in [1.54, 1.807) is 0 Å². The first kappa shape index (κ1) is 21.1. The molecule has 0 radical (unpaired) electrons. The standard InChI is InChI=1S/C19H31BrO4Si/c1-7-8-10-21-16-12-14(20)15(9-11-25(4,5)6)23-18(16)17-13-22-19(2,3)24-17/h12,15-18H,7-8,10,13H2,1-6H3/t15-,16-,17-,18+/m1/s1. The van der Waals surface area contributed by atoms with Gasteiger partial charge in [0.05, 0.1) is 6.61 Å². The maximum Gasteiger partial charge on any atom is 0.163 e. The monoisotopic (exact) mass is 430 g/mol. The van der Waals surface area contributed by atoms with Crippen LogP contribution in [0.15, 0.2) is 10.6 Å². The second-order valence-corrected chi connectivity index (χ2v) is 13.8. The van der Waals surface area contributed by atoms with Crippen LogP contribution in [0.5, 0.6) is 0 Å². The fourth-order valence-electron chi connectivity index (χ4n) is 2.71. The number of hydrogen-bond donors (Lipinski definition) is 0. The maximum atomic E-state index is 6.32. The first-order chi connectivity index (χ1) is 11.6. The van der Waals surface area contributed by atoms with Gasteiger partial charge in [-0.15, -0.1) is 5.54 Å². The van der Waals surface area contributed by atoms with E-state index in [2.05, 4.69) is 60.0 Å². The van der Waals surface area contributed by atoms with Gasteiger partial charge in [0.1, 0.15) is 32.5 Å². The van der Waals surface area contributed by atoms with Crippen LogP contribution >= 0.6 is 15.9 Å². The van der Waals surface area contributed by atoms with Crippen LogP contribution < -0.4 is 0 Å². The Morgan fingerprint density at radius 3 is 2.64 bits per heavy atom. The summed E-state index contributed by atoms with van der Waals surface area (Å²) < 4.78 is 25.1. The van der Waals surface area contributed by atoms with Crippen molar-refractivity contribution in [1.29, 1.82) is 0 Å². The zero-order valence-corrected chi connectivity index (χ0v) is 18.8. The van der Waals surface area contributed by atoms with Crippen LogP contribution in [0.2, 0.25) is 19.6 Å². The second-order valence-electron chi connectivity index (χ2n) is 8.11. The van der Waals surface area contributed by atoms with Gasteiger partial charge in [0.2, 0.25) is 0 Å². The highest BCUT2D eigenvalue weighted by Crippen LogP contribution is 2.33. The molecule has 0 bridgehead atoms. The van der Waals surface area contributed by atoms with Crippen molar-refractivity contribution in [2.24, 2.45) is 0 Å². The van der Waals surface area contributed by atoms with E-state index in [1.165, 1.54) is 0 Å². The first-order valence-corrected chi connectivity index (χ1v) is 13.4. The molecule has 4 atom stereocenters. The molecule has 0 aliphatic carbocycles. The van der Waals surface area contributed by atoms with Gasteiger partial charge in [-0.2, -0.15) is 0 Å². The van der Waals surface area contributed by atoms with E-state index in [-0.39, 0.29) is 24.4 Å². The lowest BCUT2D eigenvalue weighted by Gasteiger charge is -2.35. The third-order valence-electron chi connectivity index (χ3n) is 3.97. The molecule has 0 spiro atoms. The fourth-order valence-corrected chi connectivity index (χ4v) is 3.75. The highest BCUT2D eigenvalue weighted by molar-refractivity contribution is 9.11. The van der Waals surface area contributed by atoms with Crippen molar-refractivity contribution < 1.29 is 18.9 Å². The molecule has 0 saturated carbocycles. The molecular weight excluding hydrogens is 400 g/mol. The Balaban J connectivity index is 2.17. The van der Waals surface area contributed by atoms with Gasteiger partial charge in [0.25, 0.3) is 0 Å². The molecule has 0 unspecified atom stereocenters. The normalized spacial score (nSPS) is 32.0. The molecular formula is C19H31BrO4Si. The first-order valence-electron chi connectivity index (χ1n) is 9.10. The molecule has 1 saturated heterocycles. The van der Waals surface area contributed by atoms with E-state index in [0.29, 0.717) is 13.2 Å². The number of hydrogen-bond acceptors (Lipinski definition) is 4. The topological polar surface area (TPSA) is 36.9 Å². The van der Waals surface area contributed by atoms with Gasteiger partial charge in [-0.1, -0.05) is 54.8 Å².